The van der Waals surface area contributed by atoms with Crippen LogP contribution in [0.3, 0.4) is 0 Å². The molecular formula is C6H12Cl2. The Morgan fingerprint density at radius 3 is 1.38 bits per heavy atom. The van der Waals surface area contributed by atoms with Gasteiger partial charge in [-0.3, -0.25) is 0 Å². The second-order valence-electron chi connectivity index (χ2n) is 2.26. The van der Waals surface area contributed by atoms with Gasteiger partial charge in [-0.1, -0.05) is 13.8 Å². The van der Waals surface area contributed by atoms with Gasteiger partial charge in [0.25, 0.3) is 0 Å². The molecule has 0 aliphatic rings. The third-order valence-corrected chi connectivity index (χ3v) is 2.43. The lowest BCUT2D eigenvalue weighted by Gasteiger charge is -2.12. The Morgan fingerprint density at radius 2 is 1.25 bits per heavy atom. The second kappa shape index (κ2) is 4.46. The first-order chi connectivity index (χ1) is 3.72. The summed E-state index contributed by atoms with van der Waals surface area (Å²) in [5, 5.41) is 0. The third kappa shape index (κ3) is 2.78. The van der Waals surface area contributed by atoms with Gasteiger partial charge in [0.15, 0.2) is 0 Å². The van der Waals surface area contributed by atoms with Crippen molar-refractivity contribution in [1.29, 1.82) is 0 Å². The molecule has 0 aromatic rings. The maximum absolute atomic E-state index is 5.57. The van der Waals surface area contributed by atoms with Gasteiger partial charge in [0.05, 0.1) is 0 Å². The van der Waals surface area contributed by atoms with Gasteiger partial charge >= 0.3 is 0 Å². The van der Waals surface area contributed by atoms with E-state index in [-0.39, 0.29) is 0 Å². The highest BCUT2D eigenvalue weighted by atomic mass is 35.5. The van der Waals surface area contributed by atoms with E-state index in [0.717, 1.165) is 0 Å². The molecule has 0 saturated heterocycles. The van der Waals surface area contributed by atoms with Crippen LogP contribution in [0.1, 0.15) is 13.8 Å². The van der Waals surface area contributed by atoms with Crippen molar-refractivity contribution in [2.75, 3.05) is 11.8 Å². The summed E-state index contributed by atoms with van der Waals surface area (Å²) in [6.07, 6.45) is 0. The van der Waals surface area contributed by atoms with Gasteiger partial charge in [0.2, 0.25) is 0 Å². The number of alkyl halides is 2. The van der Waals surface area contributed by atoms with Crippen LogP contribution in [0.5, 0.6) is 0 Å². The Morgan fingerprint density at radius 1 is 1.00 bits per heavy atom. The largest absolute Gasteiger partial charge is 0.126 e. The first-order valence-corrected chi connectivity index (χ1v) is 3.91. The molecule has 0 N–H and O–H groups in total. The molecule has 0 radical (unpaired) electrons. The third-order valence-electron chi connectivity index (χ3n) is 1.46. The van der Waals surface area contributed by atoms with Gasteiger partial charge in [-0.2, -0.15) is 0 Å². The van der Waals surface area contributed by atoms with Gasteiger partial charge in [-0.15, -0.1) is 23.2 Å². The lowest BCUT2D eigenvalue weighted by Crippen LogP contribution is -2.10. The number of hydrogen-bond donors (Lipinski definition) is 0. The van der Waals surface area contributed by atoms with Crippen molar-refractivity contribution in [3.63, 3.8) is 0 Å². The zero-order valence-corrected chi connectivity index (χ0v) is 6.84. The first kappa shape index (κ1) is 8.58. The van der Waals surface area contributed by atoms with Crippen LogP contribution < -0.4 is 0 Å². The lowest BCUT2D eigenvalue weighted by atomic mass is 10.0. The smallest absolute Gasteiger partial charge is 0.0252 e. The average molecular weight is 155 g/mol. The Kier molecular flexibility index (Phi) is 4.78. The van der Waals surface area contributed by atoms with E-state index in [1.165, 1.54) is 0 Å². The molecule has 0 spiro atoms. The van der Waals surface area contributed by atoms with Gasteiger partial charge in [0.1, 0.15) is 0 Å². The summed E-state index contributed by atoms with van der Waals surface area (Å²) < 4.78 is 0. The molecule has 0 nitrogen and oxygen atoms in total. The molecular weight excluding hydrogens is 143 g/mol. The van der Waals surface area contributed by atoms with Gasteiger partial charge in [-0.25, -0.2) is 0 Å². The van der Waals surface area contributed by atoms with Gasteiger partial charge in [-0.05, 0) is 11.8 Å². The number of halogens is 2. The molecule has 0 unspecified atom stereocenters. The van der Waals surface area contributed by atoms with Gasteiger partial charge in [0, 0.05) is 11.8 Å². The van der Waals surface area contributed by atoms with E-state index in [2.05, 4.69) is 13.8 Å². The van der Waals surface area contributed by atoms with E-state index in [1.54, 1.807) is 0 Å². The fourth-order valence-corrected chi connectivity index (χ4v) is 0.912. The molecule has 0 aliphatic heterocycles. The lowest BCUT2D eigenvalue weighted by molar-refractivity contribution is 0.467. The normalized spacial score (nSPS) is 18.0. The summed E-state index contributed by atoms with van der Waals surface area (Å²) in [7, 11) is 0. The van der Waals surface area contributed by atoms with Crippen molar-refractivity contribution in [2.24, 2.45) is 11.8 Å². The van der Waals surface area contributed by atoms with Crippen molar-refractivity contribution in [1.82, 2.24) is 0 Å². The van der Waals surface area contributed by atoms with Gasteiger partial charge < -0.3 is 0 Å². The van der Waals surface area contributed by atoms with E-state index in [9.17, 15) is 0 Å². The zero-order chi connectivity index (χ0) is 6.57. The minimum atomic E-state index is 0.550. The predicted molar refractivity (Wildman–Crippen MR) is 39.8 cm³/mol. The van der Waals surface area contributed by atoms with Crippen LogP contribution in [0, 0.1) is 11.8 Å². The van der Waals surface area contributed by atoms with E-state index >= 15 is 0 Å². The maximum Gasteiger partial charge on any atom is 0.0252 e. The van der Waals surface area contributed by atoms with E-state index in [0.29, 0.717) is 23.6 Å². The zero-order valence-electron chi connectivity index (χ0n) is 5.32. The van der Waals surface area contributed by atoms with E-state index < -0.39 is 0 Å². The fourth-order valence-electron chi connectivity index (χ4n) is 0.304. The van der Waals surface area contributed by atoms with Crippen LogP contribution in [0.25, 0.3) is 0 Å². The monoisotopic (exact) mass is 154 g/mol. The minimum Gasteiger partial charge on any atom is -0.126 e. The standard InChI is InChI=1S/C6H12Cl2/c1-5(3-7)6(2)4-8/h5-6H,3-4H2,1-2H3/t5-,6-/m1/s1. The van der Waals surface area contributed by atoms with Crippen LogP contribution >= 0.6 is 23.2 Å². The molecule has 0 aliphatic carbocycles. The highest BCUT2D eigenvalue weighted by molar-refractivity contribution is 6.19. The molecule has 2 heteroatoms. The van der Waals surface area contributed by atoms with E-state index in [4.69, 9.17) is 23.2 Å². The summed E-state index contributed by atoms with van der Waals surface area (Å²) in [5.74, 6) is 2.53. The second-order valence-corrected chi connectivity index (χ2v) is 2.88. The van der Waals surface area contributed by atoms with Crippen LogP contribution in [0.4, 0.5) is 0 Å². The van der Waals surface area contributed by atoms with E-state index in [1.807, 2.05) is 0 Å². The van der Waals surface area contributed by atoms with Crippen molar-refractivity contribution in [3.05, 3.63) is 0 Å². The summed E-state index contributed by atoms with van der Waals surface area (Å²) in [5.41, 5.74) is 0. The average Bonchev–Trinajstić information content (AvgIpc) is 1.84. The summed E-state index contributed by atoms with van der Waals surface area (Å²) in [4.78, 5) is 0. The highest BCUT2D eigenvalue weighted by Crippen LogP contribution is 2.13. The molecule has 0 amide bonds. The molecule has 0 saturated carbocycles. The number of hydrogen-bond acceptors (Lipinski definition) is 0. The minimum absolute atomic E-state index is 0.550. The molecule has 0 bridgehead atoms. The van der Waals surface area contributed by atoms with Crippen molar-refractivity contribution in [2.45, 2.75) is 13.8 Å². The molecule has 0 fully saturated rings. The van der Waals surface area contributed by atoms with Crippen molar-refractivity contribution >= 4 is 23.2 Å². The SMILES string of the molecule is C[C@H](CCl)[C@H](C)CCl. The Balaban J connectivity index is 3.29. The summed E-state index contributed by atoms with van der Waals surface area (Å²) in [6, 6.07) is 0. The molecule has 2 atom stereocenters. The summed E-state index contributed by atoms with van der Waals surface area (Å²) in [6.45, 7) is 4.22. The highest BCUT2D eigenvalue weighted by Gasteiger charge is 2.07. The van der Waals surface area contributed by atoms with Crippen LogP contribution in [-0.4, -0.2) is 11.8 Å². The molecule has 50 valence electrons. The molecule has 0 aromatic carbocycles. The number of rotatable bonds is 3. The van der Waals surface area contributed by atoms with Crippen molar-refractivity contribution in [3.8, 4) is 0 Å². The fraction of sp³-hybridized carbons (Fsp3) is 1.00. The first-order valence-electron chi connectivity index (χ1n) is 2.84. The topological polar surface area (TPSA) is 0 Å². The molecule has 0 aromatic heterocycles. The van der Waals surface area contributed by atoms with Crippen LogP contribution in [0.2, 0.25) is 0 Å². The maximum atomic E-state index is 5.57. The molecule has 0 rings (SSSR count). The Labute approximate surface area is 61.2 Å². The van der Waals surface area contributed by atoms with Crippen LogP contribution in [-0.2, 0) is 0 Å². The molecule has 0 heterocycles. The predicted octanol–water partition coefficient (Wildman–Crippen LogP) is 2.74. The Hall–Kier alpha value is 0.580. The van der Waals surface area contributed by atoms with Crippen molar-refractivity contribution < 1.29 is 0 Å². The van der Waals surface area contributed by atoms with Crippen LogP contribution in [0.15, 0.2) is 0 Å². The Bertz CT molecular complexity index is 46.5. The summed E-state index contributed by atoms with van der Waals surface area (Å²) >= 11 is 11.1. The molecule has 8 heavy (non-hydrogen) atoms. The quantitative estimate of drug-likeness (QED) is 0.549.